The number of ether oxygens (including phenoxy) is 1. The van der Waals surface area contributed by atoms with Crippen molar-refractivity contribution in [3.8, 4) is 5.75 Å². The zero-order valence-electron chi connectivity index (χ0n) is 15.2. The maximum absolute atomic E-state index is 12.7. The lowest BCUT2D eigenvalue weighted by Gasteiger charge is -2.35. The summed E-state index contributed by atoms with van der Waals surface area (Å²) >= 11 is 5.96. The molecule has 1 saturated heterocycles. The molecule has 0 spiro atoms. The van der Waals surface area contributed by atoms with Gasteiger partial charge in [0.25, 0.3) is 0 Å². The number of amides is 2. The third-order valence-electron chi connectivity index (χ3n) is 4.25. The third-order valence-corrected chi connectivity index (χ3v) is 4.49. The molecule has 4 rings (SSSR count). The predicted molar refractivity (Wildman–Crippen MR) is 116 cm³/mol. The molecule has 1 aliphatic heterocycles. The number of anilines is 1. The highest BCUT2D eigenvalue weighted by atomic mass is 35.5. The lowest BCUT2D eigenvalue weighted by Crippen LogP contribution is -2.57. The van der Waals surface area contributed by atoms with Crippen molar-refractivity contribution in [2.45, 2.75) is 6.04 Å². The summed E-state index contributed by atoms with van der Waals surface area (Å²) in [6.45, 7) is 2.26. The molecule has 8 nitrogen and oxygen atoms in total. The summed E-state index contributed by atoms with van der Waals surface area (Å²) in [5.41, 5.74) is 1.15. The molecule has 29 heavy (non-hydrogen) atoms. The van der Waals surface area contributed by atoms with Crippen molar-refractivity contribution in [3.05, 3.63) is 47.7 Å². The molecule has 2 amide bonds. The Hall–Kier alpha value is -2.26. The predicted octanol–water partition coefficient (Wildman–Crippen LogP) is 3.60. The molecular weight excluding hydrogens is 441 g/mol. The molecule has 3 heterocycles. The van der Waals surface area contributed by atoms with E-state index < -0.39 is 0 Å². The van der Waals surface area contributed by atoms with Crippen molar-refractivity contribution < 1.29 is 13.9 Å². The van der Waals surface area contributed by atoms with Gasteiger partial charge >= 0.3 is 12.0 Å². The number of hydrogen-bond acceptors (Lipinski definition) is 6. The molecule has 0 radical (unpaired) electrons. The van der Waals surface area contributed by atoms with Gasteiger partial charge in [-0.3, -0.25) is 10.3 Å². The SMILES string of the molecule is Cl.Cl.O=C(Nc1nc2cc(Cl)ccc2o1)N1CCNCC1COc1cccnc1. The maximum Gasteiger partial charge on any atom is 0.325 e. The fraction of sp³-hybridized carbons (Fsp3) is 0.278. The van der Waals surface area contributed by atoms with E-state index in [1.54, 1.807) is 41.6 Å². The van der Waals surface area contributed by atoms with E-state index >= 15 is 0 Å². The number of pyridine rings is 1. The average molecular weight is 461 g/mol. The number of nitrogens with zero attached hydrogens (tertiary/aromatic N) is 3. The van der Waals surface area contributed by atoms with E-state index in [1.165, 1.54) is 0 Å². The number of benzene rings is 1. The second-order valence-corrected chi connectivity index (χ2v) is 6.55. The molecule has 11 heteroatoms. The number of fused-ring (bicyclic) bond motifs is 1. The van der Waals surface area contributed by atoms with Gasteiger partial charge in [-0.05, 0) is 30.3 Å². The van der Waals surface area contributed by atoms with Crippen molar-refractivity contribution in [3.63, 3.8) is 0 Å². The molecule has 1 aliphatic rings. The number of rotatable bonds is 4. The molecule has 2 N–H and O–H groups in total. The first-order chi connectivity index (χ1) is 13.2. The smallest absolute Gasteiger partial charge is 0.325 e. The molecular formula is C18H20Cl3N5O3. The number of hydrogen-bond donors (Lipinski definition) is 2. The number of oxazole rings is 1. The van der Waals surface area contributed by atoms with E-state index in [0.29, 0.717) is 48.1 Å². The third kappa shape index (κ3) is 5.63. The molecule has 1 unspecified atom stereocenters. The van der Waals surface area contributed by atoms with Crippen molar-refractivity contribution in [2.24, 2.45) is 0 Å². The van der Waals surface area contributed by atoms with Gasteiger partial charge in [0.05, 0.1) is 12.2 Å². The van der Waals surface area contributed by atoms with Gasteiger partial charge in [0.15, 0.2) is 5.58 Å². The minimum atomic E-state index is -0.283. The summed E-state index contributed by atoms with van der Waals surface area (Å²) in [6.07, 6.45) is 3.33. The van der Waals surface area contributed by atoms with Gasteiger partial charge < -0.3 is 19.4 Å². The number of nitrogens with one attached hydrogen (secondary N) is 2. The van der Waals surface area contributed by atoms with Gasteiger partial charge in [-0.25, -0.2) is 4.79 Å². The second kappa shape index (κ2) is 10.5. The van der Waals surface area contributed by atoms with Crippen molar-refractivity contribution in [1.82, 2.24) is 20.2 Å². The van der Waals surface area contributed by atoms with Crippen LogP contribution in [-0.4, -0.2) is 53.2 Å². The van der Waals surface area contributed by atoms with E-state index in [2.05, 4.69) is 20.6 Å². The van der Waals surface area contributed by atoms with Crippen LogP contribution in [0.5, 0.6) is 5.75 Å². The van der Waals surface area contributed by atoms with Crippen LogP contribution in [0.1, 0.15) is 0 Å². The second-order valence-electron chi connectivity index (χ2n) is 6.11. The first kappa shape index (κ1) is 23.0. The normalized spacial score (nSPS) is 15.9. The van der Waals surface area contributed by atoms with Gasteiger partial charge in [0, 0.05) is 30.9 Å². The highest BCUT2D eigenvalue weighted by molar-refractivity contribution is 6.31. The van der Waals surface area contributed by atoms with Crippen LogP contribution in [0, 0.1) is 0 Å². The van der Waals surface area contributed by atoms with Gasteiger partial charge in [0.2, 0.25) is 0 Å². The standard InChI is InChI=1S/C18H18ClN5O3.2ClH/c19-12-3-4-16-15(8-12)22-17(27-16)23-18(25)24-7-6-21-9-13(24)11-26-14-2-1-5-20-10-14;;/h1-5,8,10,13,21H,6-7,9,11H2,(H,22,23,25);2*1H. The van der Waals surface area contributed by atoms with Crippen LogP contribution >= 0.6 is 36.4 Å². The van der Waals surface area contributed by atoms with Crippen LogP contribution in [0.15, 0.2) is 47.1 Å². The largest absolute Gasteiger partial charge is 0.490 e. The van der Waals surface area contributed by atoms with Gasteiger partial charge in [-0.2, -0.15) is 4.98 Å². The summed E-state index contributed by atoms with van der Waals surface area (Å²) in [7, 11) is 0. The summed E-state index contributed by atoms with van der Waals surface area (Å²) in [6, 6.07) is 8.48. The van der Waals surface area contributed by atoms with E-state index in [4.69, 9.17) is 20.8 Å². The number of carbonyl (C=O) groups excluding carboxylic acids is 1. The molecule has 1 atom stereocenters. The minimum absolute atomic E-state index is 0. The first-order valence-electron chi connectivity index (χ1n) is 8.56. The molecule has 156 valence electrons. The summed E-state index contributed by atoms with van der Waals surface area (Å²) in [5, 5.41) is 6.55. The monoisotopic (exact) mass is 459 g/mol. The lowest BCUT2D eigenvalue weighted by atomic mass is 10.2. The number of piperazine rings is 1. The average Bonchev–Trinajstić information content (AvgIpc) is 3.08. The molecule has 2 aromatic heterocycles. The fourth-order valence-electron chi connectivity index (χ4n) is 2.92. The van der Waals surface area contributed by atoms with Gasteiger partial charge in [-0.1, -0.05) is 11.6 Å². The Bertz CT molecular complexity index is 941. The topological polar surface area (TPSA) is 92.5 Å². The molecule has 3 aromatic rings. The maximum atomic E-state index is 12.7. The molecule has 0 bridgehead atoms. The van der Waals surface area contributed by atoms with E-state index in [-0.39, 0.29) is 42.9 Å². The highest BCUT2D eigenvalue weighted by Gasteiger charge is 2.28. The van der Waals surface area contributed by atoms with Crippen LogP contribution in [0.2, 0.25) is 5.02 Å². The van der Waals surface area contributed by atoms with Crippen molar-refractivity contribution >= 4 is 59.6 Å². The van der Waals surface area contributed by atoms with Crippen LogP contribution in [0.25, 0.3) is 11.1 Å². The number of carbonyl (C=O) groups is 1. The van der Waals surface area contributed by atoms with Crippen LogP contribution in [0.3, 0.4) is 0 Å². The zero-order valence-corrected chi connectivity index (χ0v) is 17.6. The molecule has 1 fully saturated rings. The van der Waals surface area contributed by atoms with Crippen molar-refractivity contribution in [1.29, 1.82) is 0 Å². The summed E-state index contributed by atoms with van der Waals surface area (Å²) in [4.78, 5) is 22.7. The van der Waals surface area contributed by atoms with Crippen LogP contribution < -0.4 is 15.4 Å². The fourth-order valence-corrected chi connectivity index (χ4v) is 3.09. The van der Waals surface area contributed by atoms with E-state index in [1.807, 2.05) is 6.07 Å². The Labute approximate surface area is 184 Å². The van der Waals surface area contributed by atoms with Crippen LogP contribution in [0.4, 0.5) is 10.8 Å². The first-order valence-corrected chi connectivity index (χ1v) is 8.94. The number of aromatic nitrogens is 2. The number of urea groups is 1. The zero-order chi connectivity index (χ0) is 18.6. The lowest BCUT2D eigenvalue weighted by molar-refractivity contribution is 0.132. The van der Waals surface area contributed by atoms with E-state index in [0.717, 1.165) is 0 Å². The minimum Gasteiger partial charge on any atom is -0.490 e. The molecule has 0 saturated carbocycles. The summed E-state index contributed by atoms with van der Waals surface area (Å²) < 4.78 is 11.3. The Morgan fingerprint density at radius 2 is 2.24 bits per heavy atom. The Morgan fingerprint density at radius 3 is 3.03 bits per heavy atom. The van der Waals surface area contributed by atoms with Gasteiger partial charge in [0.1, 0.15) is 17.9 Å². The summed E-state index contributed by atoms with van der Waals surface area (Å²) in [5.74, 6) is 0.666. The Balaban J connectivity index is 0.00000150. The molecule has 1 aromatic carbocycles. The van der Waals surface area contributed by atoms with Crippen LogP contribution in [-0.2, 0) is 0 Å². The van der Waals surface area contributed by atoms with Gasteiger partial charge in [-0.15, -0.1) is 24.8 Å². The van der Waals surface area contributed by atoms with E-state index in [9.17, 15) is 4.79 Å². The highest BCUT2D eigenvalue weighted by Crippen LogP contribution is 2.22. The quantitative estimate of drug-likeness (QED) is 0.618. The Morgan fingerprint density at radius 1 is 1.38 bits per heavy atom. The van der Waals surface area contributed by atoms with Crippen molar-refractivity contribution in [2.75, 3.05) is 31.6 Å². The molecule has 0 aliphatic carbocycles. The number of halogens is 3. The Kier molecular flexibility index (Phi) is 8.33.